The molecule has 0 atom stereocenters. The first-order chi connectivity index (χ1) is 5.40. The smallest absolute Gasteiger partial charge is 0.0452 e. The van der Waals surface area contributed by atoms with Crippen LogP contribution in [0.15, 0.2) is 16.8 Å². The van der Waals surface area contributed by atoms with Gasteiger partial charge in [-0.05, 0) is 17.9 Å². The van der Waals surface area contributed by atoms with Crippen LogP contribution in [-0.2, 0) is 6.42 Å². The first-order valence-corrected chi connectivity index (χ1v) is 5.70. The van der Waals surface area contributed by atoms with Gasteiger partial charge in [0.1, 0.15) is 0 Å². The van der Waals surface area contributed by atoms with Gasteiger partial charge in [-0.2, -0.15) is 11.3 Å². The third-order valence-corrected chi connectivity index (χ3v) is 3.81. The monoisotopic (exact) mass is 202 g/mol. The summed E-state index contributed by atoms with van der Waals surface area (Å²) in [5, 5.41) is 5.75. The maximum atomic E-state index is 5.64. The number of thiophene rings is 2. The summed E-state index contributed by atoms with van der Waals surface area (Å²) in [5.41, 5.74) is 0. The molecular formula is C8H7ClS2. The van der Waals surface area contributed by atoms with E-state index in [1.807, 2.05) is 11.3 Å². The molecule has 2 aromatic heterocycles. The lowest BCUT2D eigenvalue weighted by atomic mass is 10.3. The maximum Gasteiger partial charge on any atom is 0.0452 e. The molecule has 0 radical (unpaired) electrons. The lowest BCUT2D eigenvalue weighted by molar-refractivity contribution is 1.20. The Hall–Kier alpha value is -0.0500. The van der Waals surface area contributed by atoms with Crippen molar-refractivity contribution in [2.24, 2.45) is 0 Å². The average molecular weight is 203 g/mol. The van der Waals surface area contributed by atoms with Crippen molar-refractivity contribution in [3.8, 4) is 0 Å². The van der Waals surface area contributed by atoms with Crippen molar-refractivity contribution >= 4 is 44.4 Å². The molecular weight excluding hydrogens is 196 g/mol. The highest BCUT2D eigenvalue weighted by Crippen LogP contribution is 2.28. The molecule has 2 aromatic rings. The largest absolute Gasteiger partial charge is 0.150 e. The van der Waals surface area contributed by atoms with Crippen LogP contribution in [0.1, 0.15) is 4.88 Å². The molecule has 3 heteroatoms. The van der Waals surface area contributed by atoms with Gasteiger partial charge in [0.2, 0.25) is 0 Å². The fraction of sp³-hybridized carbons (Fsp3) is 0.250. The van der Waals surface area contributed by atoms with Crippen LogP contribution in [0.3, 0.4) is 0 Å². The number of halogens is 1. The minimum atomic E-state index is 0.729. The van der Waals surface area contributed by atoms with Gasteiger partial charge in [0, 0.05) is 26.2 Å². The number of rotatable bonds is 2. The molecule has 11 heavy (non-hydrogen) atoms. The summed E-state index contributed by atoms with van der Waals surface area (Å²) in [6, 6.07) is 2.24. The Labute approximate surface area is 78.4 Å². The first kappa shape index (κ1) is 7.59. The Morgan fingerprint density at radius 1 is 1.36 bits per heavy atom. The van der Waals surface area contributed by atoms with Gasteiger partial charge in [-0.3, -0.25) is 0 Å². The second kappa shape index (κ2) is 3.13. The minimum Gasteiger partial charge on any atom is -0.150 e. The van der Waals surface area contributed by atoms with Gasteiger partial charge in [0.05, 0.1) is 0 Å². The number of hydrogen-bond acceptors (Lipinski definition) is 2. The third kappa shape index (κ3) is 1.43. The highest BCUT2D eigenvalue weighted by molar-refractivity contribution is 7.22. The van der Waals surface area contributed by atoms with Crippen LogP contribution in [0, 0.1) is 0 Å². The van der Waals surface area contributed by atoms with E-state index in [4.69, 9.17) is 11.6 Å². The lowest BCUT2D eigenvalue weighted by Crippen LogP contribution is -1.77. The number of alkyl halides is 1. The summed E-state index contributed by atoms with van der Waals surface area (Å²) < 4.78 is 1.40. The van der Waals surface area contributed by atoms with Crippen molar-refractivity contribution in [1.82, 2.24) is 0 Å². The molecule has 0 bridgehead atoms. The summed E-state index contributed by atoms with van der Waals surface area (Å²) in [5.74, 6) is 0.729. The molecule has 58 valence electrons. The van der Waals surface area contributed by atoms with Gasteiger partial charge in [0.25, 0.3) is 0 Å². The zero-order valence-electron chi connectivity index (χ0n) is 5.84. The van der Waals surface area contributed by atoms with Crippen molar-refractivity contribution < 1.29 is 0 Å². The molecule has 2 heterocycles. The summed E-state index contributed by atoms with van der Waals surface area (Å²) >= 11 is 9.26. The molecule has 0 saturated carbocycles. The van der Waals surface area contributed by atoms with E-state index in [0.717, 1.165) is 12.3 Å². The van der Waals surface area contributed by atoms with Crippen LogP contribution in [0.25, 0.3) is 10.1 Å². The fourth-order valence-electron chi connectivity index (χ4n) is 1.04. The van der Waals surface area contributed by atoms with Crippen LogP contribution >= 0.6 is 34.3 Å². The second-order valence-corrected chi connectivity index (χ2v) is 4.63. The molecule has 0 saturated heterocycles. The molecule has 0 N–H and O–H groups in total. The van der Waals surface area contributed by atoms with Crippen molar-refractivity contribution in [1.29, 1.82) is 0 Å². The molecule has 0 aliphatic heterocycles. The van der Waals surface area contributed by atoms with Gasteiger partial charge in [-0.15, -0.1) is 22.9 Å². The number of hydrogen-bond donors (Lipinski definition) is 0. The molecule has 0 aromatic carbocycles. The molecule has 0 aliphatic rings. The summed E-state index contributed by atoms with van der Waals surface area (Å²) in [6.45, 7) is 0. The summed E-state index contributed by atoms with van der Waals surface area (Å²) in [7, 11) is 0. The Morgan fingerprint density at radius 3 is 3.00 bits per heavy atom. The quantitative estimate of drug-likeness (QED) is 0.651. The Morgan fingerprint density at radius 2 is 2.27 bits per heavy atom. The predicted octanol–water partition coefficient (Wildman–Crippen LogP) is 3.74. The van der Waals surface area contributed by atoms with E-state index in [2.05, 4.69) is 16.8 Å². The fourth-order valence-corrected chi connectivity index (χ4v) is 3.37. The van der Waals surface area contributed by atoms with E-state index in [9.17, 15) is 0 Å². The van der Waals surface area contributed by atoms with Crippen LogP contribution in [0.5, 0.6) is 0 Å². The van der Waals surface area contributed by atoms with E-state index in [-0.39, 0.29) is 0 Å². The number of aryl methyl sites for hydroxylation is 1. The third-order valence-electron chi connectivity index (χ3n) is 1.55. The predicted molar refractivity (Wildman–Crippen MR) is 54.1 cm³/mol. The summed E-state index contributed by atoms with van der Waals surface area (Å²) in [6.07, 6.45) is 1.01. The summed E-state index contributed by atoms with van der Waals surface area (Å²) in [4.78, 5) is 1.40. The van der Waals surface area contributed by atoms with Crippen LogP contribution in [0.4, 0.5) is 0 Å². The maximum absolute atomic E-state index is 5.64. The van der Waals surface area contributed by atoms with Gasteiger partial charge >= 0.3 is 0 Å². The molecule has 2 rings (SSSR count). The normalized spacial score (nSPS) is 11.0. The van der Waals surface area contributed by atoms with E-state index < -0.39 is 0 Å². The molecule has 0 amide bonds. The average Bonchev–Trinajstić information content (AvgIpc) is 2.46. The Bertz CT molecular complexity index is 319. The SMILES string of the molecule is ClCCc1cc2cscc2s1. The molecule has 0 nitrogen and oxygen atoms in total. The lowest BCUT2D eigenvalue weighted by Gasteiger charge is -1.85. The second-order valence-electron chi connectivity index (χ2n) is 2.34. The molecule has 0 unspecified atom stereocenters. The van der Waals surface area contributed by atoms with Gasteiger partial charge in [-0.25, -0.2) is 0 Å². The standard InChI is InChI=1S/C8H7ClS2/c9-2-1-7-3-6-4-10-5-8(6)11-7/h3-5H,1-2H2. The van der Waals surface area contributed by atoms with Gasteiger partial charge in [-0.1, -0.05) is 0 Å². The molecule has 0 aliphatic carbocycles. The van der Waals surface area contributed by atoms with Crippen LogP contribution in [0.2, 0.25) is 0 Å². The Kier molecular flexibility index (Phi) is 2.16. The Balaban J connectivity index is 2.42. The highest BCUT2D eigenvalue weighted by atomic mass is 35.5. The van der Waals surface area contributed by atoms with Crippen molar-refractivity contribution in [2.75, 3.05) is 5.88 Å². The minimum absolute atomic E-state index is 0.729. The number of fused-ring (bicyclic) bond motifs is 1. The van der Waals surface area contributed by atoms with Crippen molar-refractivity contribution in [3.05, 3.63) is 21.7 Å². The van der Waals surface area contributed by atoms with E-state index in [1.54, 1.807) is 11.3 Å². The van der Waals surface area contributed by atoms with E-state index >= 15 is 0 Å². The zero-order chi connectivity index (χ0) is 7.68. The van der Waals surface area contributed by atoms with E-state index in [1.165, 1.54) is 15.0 Å². The van der Waals surface area contributed by atoms with Crippen LogP contribution in [-0.4, -0.2) is 5.88 Å². The zero-order valence-corrected chi connectivity index (χ0v) is 8.23. The highest BCUT2D eigenvalue weighted by Gasteiger charge is 2.00. The topological polar surface area (TPSA) is 0 Å². The van der Waals surface area contributed by atoms with Crippen LogP contribution < -0.4 is 0 Å². The van der Waals surface area contributed by atoms with Gasteiger partial charge < -0.3 is 0 Å². The molecule has 0 spiro atoms. The molecule has 0 fully saturated rings. The van der Waals surface area contributed by atoms with E-state index in [0.29, 0.717) is 0 Å². The van der Waals surface area contributed by atoms with Gasteiger partial charge in [0.15, 0.2) is 0 Å². The van der Waals surface area contributed by atoms with Crippen molar-refractivity contribution in [2.45, 2.75) is 6.42 Å². The first-order valence-electron chi connectivity index (χ1n) is 3.41. The van der Waals surface area contributed by atoms with Crippen molar-refractivity contribution in [3.63, 3.8) is 0 Å².